The molecule has 0 spiro atoms. The van der Waals surface area contributed by atoms with Gasteiger partial charge in [-0.15, -0.1) is 16.3 Å². The lowest BCUT2D eigenvalue weighted by Gasteiger charge is -1.91. The molecular weight excluding hydrogens is 164 g/mol. The molecule has 1 aromatic rings. The Labute approximate surface area is 67.4 Å². The summed E-state index contributed by atoms with van der Waals surface area (Å²) in [5.41, 5.74) is 1.01. The second kappa shape index (κ2) is 2.87. The number of carbonyl (C=O) groups is 1. The molecule has 11 heavy (non-hydrogen) atoms. The Hall–Kier alpha value is -1.10. The molecular formula is C6H8N2O2S. The first-order chi connectivity index (χ1) is 5.11. The first-order valence-electron chi connectivity index (χ1n) is 3.00. The molecule has 5 heteroatoms. The molecule has 0 aliphatic heterocycles. The van der Waals surface area contributed by atoms with E-state index in [1.165, 1.54) is 11.3 Å². The molecule has 1 aromatic heterocycles. The monoisotopic (exact) mass is 172 g/mol. The smallest absolute Gasteiger partial charge is 0.433 e. The van der Waals surface area contributed by atoms with Crippen molar-refractivity contribution in [3.05, 3.63) is 15.9 Å². The number of hydrogen-bond donors (Lipinski definition) is 1. The van der Waals surface area contributed by atoms with Gasteiger partial charge in [0.2, 0.25) is 0 Å². The number of hydrogen-bond acceptors (Lipinski definition) is 2. The van der Waals surface area contributed by atoms with Gasteiger partial charge in [-0.1, -0.05) is 0 Å². The SMILES string of the molecule is Cc1csc(=NC(=O)O)n1C. The Kier molecular flexibility index (Phi) is 2.09. The van der Waals surface area contributed by atoms with E-state index in [0.29, 0.717) is 4.80 Å². The predicted molar refractivity (Wildman–Crippen MR) is 41.6 cm³/mol. The van der Waals surface area contributed by atoms with Crippen molar-refractivity contribution in [3.8, 4) is 0 Å². The van der Waals surface area contributed by atoms with Gasteiger partial charge in [-0.3, -0.25) is 0 Å². The third-order valence-electron chi connectivity index (χ3n) is 1.34. The lowest BCUT2D eigenvalue weighted by molar-refractivity contribution is 0.204. The summed E-state index contributed by atoms with van der Waals surface area (Å²) in [7, 11) is 1.79. The normalized spacial score (nSPS) is 12.0. The van der Waals surface area contributed by atoms with Crippen LogP contribution in [0.1, 0.15) is 5.69 Å². The van der Waals surface area contributed by atoms with E-state index in [0.717, 1.165) is 5.69 Å². The van der Waals surface area contributed by atoms with Crippen LogP contribution in [-0.4, -0.2) is 15.8 Å². The van der Waals surface area contributed by atoms with E-state index in [1.807, 2.05) is 12.3 Å². The van der Waals surface area contributed by atoms with Gasteiger partial charge in [0.05, 0.1) is 0 Å². The van der Waals surface area contributed by atoms with Gasteiger partial charge in [0.25, 0.3) is 0 Å². The average molecular weight is 172 g/mol. The molecule has 0 aromatic carbocycles. The van der Waals surface area contributed by atoms with E-state index in [-0.39, 0.29) is 0 Å². The van der Waals surface area contributed by atoms with Crippen LogP contribution in [0.25, 0.3) is 0 Å². The largest absolute Gasteiger partial charge is 0.463 e. The molecule has 1 N–H and O–H groups in total. The maximum absolute atomic E-state index is 10.2. The minimum atomic E-state index is -1.15. The summed E-state index contributed by atoms with van der Waals surface area (Å²) >= 11 is 1.32. The molecule has 4 nitrogen and oxygen atoms in total. The fraction of sp³-hybridized carbons (Fsp3) is 0.333. The Morgan fingerprint density at radius 3 is 2.82 bits per heavy atom. The van der Waals surface area contributed by atoms with Crippen LogP contribution in [-0.2, 0) is 7.05 Å². The van der Waals surface area contributed by atoms with Crippen LogP contribution in [0.15, 0.2) is 10.4 Å². The number of carboxylic acid groups (broad SMARTS) is 1. The lowest BCUT2D eigenvalue weighted by Crippen LogP contribution is -2.13. The van der Waals surface area contributed by atoms with Crippen LogP contribution in [0.3, 0.4) is 0 Å². The second-order valence-electron chi connectivity index (χ2n) is 2.11. The number of amides is 1. The van der Waals surface area contributed by atoms with E-state index < -0.39 is 6.09 Å². The topological polar surface area (TPSA) is 54.6 Å². The maximum atomic E-state index is 10.2. The number of aryl methyl sites for hydroxylation is 1. The molecule has 0 saturated heterocycles. The highest BCUT2D eigenvalue weighted by Crippen LogP contribution is 1.95. The standard InChI is InChI=1S/C6H8N2O2S/c1-4-3-11-5(8(4)2)7-6(9)10/h3H,1-2H3,(H,9,10). The Morgan fingerprint density at radius 1 is 1.82 bits per heavy atom. The lowest BCUT2D eigenvalue weighted by atomic mass is 10.6. The molecule has 1 rings (SSSR count). The van der Waals surface area contributed by atoms with Gasteiger partial charge in [-0.2, -0.15) is 0 Å². The minimum Gasteiger partial charge on any atom is -0.463 e. The molecule has 0 aliphatic rings. The van der Waals surface area contributed by atoms with Crippen molar-refractivity contribution in [2.24, 2.45) is 12.0 Å². The van der Waals surface area contributed by atoms with Crippen LogP contribution in [0.5, 0.6) is 0 Å². The molecule has 0 aliphatic carbocycles. The van der Waals surface area contributed by atoms with Gasteiger partial charge >= 0.3 is 6.09 Å². The molecule has 1 amide bonds. The first kappa shape index (κ1) is 8.00. The molecule has 0 radical (unpaired) electrons. The third kappa shape index (κ3) is 1.68. The van der Waals surface area contributed by atoms with E-state index in [9.17, 15) is 4.79 Å². The van der Waals surface area contributed by atoms with Crippen molar-refractivity contribution >= 4 is 17.4 Å². The third-order valence-corrected chi connectivity index (χ3v) is 2.38. The molecule has 0 bridgehead atoms. The predicted octanol–water partition coefficient (Wildman–Crippen LogP) is 0.974. The van der Waals surface area contributed by atoms with E-state index in [1.54, 1.807) is 11.6 Å². The van der Waals surface area contributed by atoms with Crippen LogP contribution in [0.2, 0.25) is 0 Å². The van der Waals surface area contributed by atoms with Crippen LogP contribution in [0, 0.1) is 6.92 Å². The van der Waals surface area contributed by atoms with E-state index in [2.05, 4.69) is 4.99 Å². The van der Waals surface area contributed by atoms with Gasteiger partial charge in [0.15, 0.2) is 4.80 Å². The first-order valence-corrected chi connectivity index (χ1v) is 3.88. The van der Waals surface area contributed by atoms with Gasteiger partial charge in [-0.05, 0) is 6.92 Å². The summed E-state index contributed by atoms with van der Waals surface area (Å²) in [6.45, 7) is 1.90. The van der Waals surface area contributed by atoms with E-state index in [4.69, 9.17) is 5.11 Å². The highest BCUT2D eigenvalue weighted by atomic mass is 32.1. The van der Waals surface area contributed by atoms with Crippen molar-refractivity contribution in [2.45, 2.75) is 6.92 Å². The highest BCUT2D eigenvalue weighted by molar-refractivity contribution is 7.07. The van der Waals surface area contributed by atoms with Crippen molar-refractivity contribution in [1.29, 1.82) is 0 Å². The van der Waals surface area contributed by atoms with Gasteiger partial charge in [-0.25, -0.2) is 4.79 Å². The zero-order chi connectivity index (χ0) is 8.43. The number of thiazole rings is 1. The summed E-state index contributed by atoms with van der Waals surface area (Å²) in [6, 6.07) is 0. The van der Waals surface area contributed by atoms with Gasteiger partial charge < -0.3 is 9.67 Å². The number of aromatic nitrogens is 1. The quantitative estimate of drug-likeness (QED) is 0.634. The summed E-state index contributed by atoms with van der Waals surface area (Å²) in [5.74, 6) is 0. The van der Waals surface area contributed by atoms with Gasteiger partial charge in [0.1, 0.15) is 0 Å². The van der Waals surface area contributed by atoms with Crippen molar-refractivity contribution < 1.29 is 9.90 Å². The molecule has 0 atom stereocenters. The highest BCUT2D eigenvalue weighted by Gasteiger charge is 1.96. The summed E-state index contributed by atoms with van der Waals surface area (Å²) in [5, 5.41) is 10.2. The maximum Gasteiger partial charge on any atom is 0.433 e. The fourth-order valence-corrected chi connectivity index (χ4v) is 1.50. The Morgan fingerprint density at radius 2 is 2.45 bits per heavy atom. The summed E-state index contributed by atoms with van der Waals surface area (Å²) in [4.78, 5) is 14.0. The zero-order valence-electron chi connectivity index (χ0n) is 6.24. The van der Waals surface area contributed by atoms with Crippen molar-refractivity contribution in [2.75, 3.05) is 0 Å². The van der Waals surface area contributed by atoms with Gasteiger partial charge in [0, 0.05) is 18.1 Å². The van der Waals surface area contributed by atoms with Crippen molar-refractivity contribution in [3.63, 3.8) is 0 Å². The van der Waals surface area contributed by atoms with Crippen LogP contribution < -0.4 is 4.80 Å². The molecule has 0 fully saturated rings. The Bertz CT molecular complexity index is 337. The molecule has 0 saturated carbocycles. The summed E-state index contributed by atoms with van der Waals surface area (Å²) in [6.07, 6.45) is -1.15. The summed E-state index contributed by atoms with van der Waals surface area (Å²) < 4.78 is 1.73. The average Bonchev–Trinajstić information content (AvgIpc) is 2.18. The zero-order valence-corrected chi connectivity index (χ0v) is 7.05. The van der Waals surface area contributed by atoms with Crippen LogP contribution >= 0.6 is 11.3 Å². The molecule has 1 heterocycles. The molecule has 0 unspecified atom stereocenters. The van der Waals surface area contributed by atoms with Crippen LogP contribution in [0.4, 0.5) is 4.79 Å². The second-order valence-corrected chi connectivity index (χ2v) is 2.95. The fourth-order valence-electron chi connectivity index (χ4n) is 0.630. The van der Waals surface area contributed by atoms with E-state index >= 15 is 0 Å². The Balaban J connectivity index is 3.25. The molecule has 60 valence electrons. The number of nitrogens with zero attached hydrogens (tertiary/aromatic N) is 2. The van der Waals surface area contributed by atoms with Crippen molar-refractivity contribution in [1.82, 2.24) is 4.57 Å². The number of rotatable bonds is 0. The minimum absolute atomic E-state index is 0.509.